The van der Waals surface area contributed by atoms with Gasteiger partial charge < -0.3 is 14.6 Å². The lowest BCUT2D eigenvalue weighted by Crippen LogP contribution is -2.52. The second-order valence-electron chi connectivity index (χ2n) is 6.10. The zero-order chi connectivity index (χ0) is 15.0. The van der Waals surface area contributed by atoms with Crippen molar-refractivity contribution in [2.75, 3.05) is 19.8 Å². The third kappa shape index (κ3) is 6.20. The third-order valence-corrected chi connectivity index (χ3v) is 3.62. The smallest absolute Gasteiger partial charge is 0.323 e. The van der Waals surface area contributed by atoms with Crippen LogP contribution in [0.15, 0.2) is 0 Å². The summed E-state index contributed by atoms with van der Waals surface area (Å²) in [5.41, 5.74) is -0.845. The monoisotopic (exact) mass is 287 g/mol. The van der Waals surface area contributed by atoms with Crippen LogP contribution in [0.4, 0.5) is 0 Å². The topological polar surface area (TPSA) is 67.8 Å². The lowest BCUT2D eigenvalue weighted by Gasteiger charge is -2.28. The van der Waals surface area contributed by atoms with E-state index >= 15 is 0 Å². The third-order valence-electron chi connectivity index (χ3n) is 3.62. The summed E-state index contributed by atoms with van der Waals surface area (Å²) in [4.78, 5) is 11.3. The molecular formula is C15H29NO4. The normalized spacial score (nSPS) is 22.1. The molecule has 5 nitrogen and oxygen atoms in total. The summed E-state index contributed by atoms with van der Waals surface area (Å²) in [6.07, 6.45) is 4.83. The number of carboxylic acids is 1. The zero-order valence-corrected chi connectivity index (χ0v) is 13.0. The van der Waals surface area contributed by atoms with E-state index in [0.29, 0.717) is 19.6 Å². The van der Waals surface area contributed by atoms with Crippen molar-refractivity contribution in [3.8, 4) is 0 Å². The van der Waals surface area contributed by atoms with Crippen LogP contribution in [0.3, 0.4) is 0 Å². The number of carbonyl (C=O) groups is 1. The van der Waals surface area contributed by atoms with E-state index in [2.05, 4.69) is 5.32 Å². The predicted octanol–water partition coefficient (Wildman–Crippen LogP) is 2.19. The van der Waals surface area contributed by atoms with Crippen LogP contribution in [0.25, 0.3) is 0 Å². The van der Waals surface area contributed by atoms with Crippen LogP contribution in [0.2, 0.25) is 0 Å². The van der Waals surface area contributed by atoms with Gasteiger partial charge in [-0.1, -0.05) is 0 Å². The van der Waals surface area contributed by atoms with Gasteiger partial charge in [-0.05, 0) is 52.9 Å². The average Bonchev–Trinajstić information content (AvgIpc) is 2.85. The van der Waals surface area contributed by atoms with Crippen molar-refractivity contribution in [2.45, 2.75) is 70.6 Å². The minimum Gasteiger partial charge on any atom is -0.480 e. The molecule has 0 aromatic rings. The van der Waals surface area contributed by atoms with Gasteiger partial charge in [-0.2, -0.15) is 0 Å². The Labute approximate surface area is 122 Å². The number of rotatable bonds is 10. The summed E-state index contributed by atoms with van der Waals surface area (Å²) in [7, 11) is 0. The number of hydrogen-bond acceptors (Lipinski definition) is 4. The minimum atomic E-state index is -0.845. The Morgan fingerprint density at radius 2 is 2.25 bits per heavy atom. The second kappa shape index (κ2) is 8.60. The van der Waals surface area contributed by atoms with Crippen molar-refractivity contribution in [1.82, 2.24) is 5.32 Å². The van der Waals surface area contributed by atoms with Crippen molar-refractivity contribution in [1.29, 1.82) is 0 Å². The maximum Gasteiger partial charge on any atom is 0.323 e. The SMILES string of the molecule is CC(C)NC(C)(CCCCOCC1CCCO1)C(=O)O. The number of carboxylic acid groups (broad SMARTS) is 1. The van der Waals surface area contributed by atoms with Crippen LogP contribution in [-0.4, -0.2) is 48.6 Å². The van der Waals surface area contributed by atoms with Crippen molar-refractivity contribution >= 4 is 5.97 Å². The maximum absolute atomic E-state index is 11.3. The van der Waals surface area contributed by atoms with Gasteiger partial charge in [0.1, 0.15) is 5.54 Å². The quantitative estimate of drug-likeness (QED) is 0.603. The van der Waals surface area contributed by atoms with Crippen LogP contribution < -0.4 is 5.32 Å². The summed E-state index contributed by atoms with van der Waals surface area (Å²) >= 11 is 0. The molecule has 2 unspecified atom stereocenters. The molecule has 0 amide bonds. The van der Waals surface area contributed by atoms with E-state index in [1.54, 1.807) is 6.92 Å². The molecule has 0 aliphatic carbocycles. The van der Waals surface area contributed by atoms with E-state index in [1.165, 1.54) is 0 Å². The molecule has 1 saturated heterocycles. The van der Waals surface area contributed by atoms with Gasteiger partial charge in [0, 0.05) is 19.3 Å². The van der Waals surface area contributed by atoms with Crippen LogP contribution in [0.1, 0.15) is 52.9 Å². The van der Waals surface area contributed by atoms with Crippen molar-refractivity contribution in [2.24, 2.45) is 0 Å². The van der Waals surface area contributed by atoms with E-state index in [9.17, 15) is 9.90 Å². The van der Waals surface area contributed by atoms with E-state index in [1.807, 2.05) is 13.8 Å². The summed E-state index contributed by atoms with van der Waals surface area (Å²) in [5.74, 6) is -0.786. The minimum absolute atomic E-state index is 0.159. The fourth-order valence-corrected chi connectivity index (χ4v) is 2.55. The number of unbranched alkanes of at least 4 members (excludes halogenated alkanes) is 1. The first kappa shape index (κ1) is 17.4. The molecule has 118 valence electrons. The van der Waals surface area contributed by atoms with Gasteiger partial charge in [0.05, 0.1) is 12.7 Å². The van der Waals surface area contributed by atoms with Crippen LogP contribution in [0, 0.1) is 0 Å². The number of hydrogen-bond donors (Lipinski definition) is 2. The molecule has 20 heavy (non-hydrogen) atoms. The van der Waals surface area contributed by atoms with Gasteiger partial charge >= 0.3 is 5.97 Å². The van der Waals surface area contributed by atoms with Gasteiger partial charge in [0.15, 0.2) is 0 Å². The Morgan fingerprint density at radius 1 is 1.50 bits per heavy atom. The van der Waals surface area contributed by atoms with Crippen molar-refractivity contribution in [3.63, 3.8) is 0 Å². The molecule has 0 spiro atoms. The second-order valence-corrected chi connectivity index (χ2v) is 6.10. The van der Waals surface area contributed by atoms with Crippen molar-refractivity contribution < 1.29 is 19.4 Å². The first-order chi connectivity index (χ1) is 9.44. The summed E-state index contributed by atoms with van der Waals surface area (Å²) in [6, 6.07) is 0.159. The van der Waals surface area contributed by atoms with Crippen LogP contribution in [-0.2, 0) is 14.3 Å². The first-order valence-electron chi connectivity index (χ1n) is 7.64. The first-order valence-corrected chi connectivity index (χ1v) is 7.64. The molecule has 2 N–H and O–H groups in total. The molecular weight excluding hydrogens is 258 g/mol. The molecule has 1 rings (SSSR count). The molecule has 0 radical (unpaired) electrons. The standard InChI is InChI=1S/C15H29NO4/c1-12(2)16-15(3,14(17)18)8-4-5-9-19-11-13-7-6-10-20-13/h12-13,16H,4-11H2,1-3H3,(H,17,18). The van der Waals surface area contributed by atoms with Crippen molar-refractivity contribution in [3.05, 3.63) is 0 Å². The van der Waals surface area contributed by atoms with Gasteiger partial charge in [0.25, 0.3) is 0 Å². The van der Waals surface area contributed by atoms with E-state index in [0.717, 1.165) is 32.3 Å². The number of ether oxygens (including phenoxy) is 2. The molecule has 5 heteroatoms. The summed E-state index contributed by atoms with van der Waals surface area (Å²) in [5, 5.41) is 12.4. The van der Waals surface area contributed by atoms with E-state index in [4.69, 9.17) is 9.47 Å². The van der Waals surface area contributed by atoms with Crippen LogP contribution >= 0.6 is 0 Å². The highest BCUT2D eigenvalue weighted by atomic mass is 16.5. The van der Waals surface area contributed by atoms with Gasteiger partial charge in [-0.3, -0.25) is 10.1 Å². The molecule has 1 fully saturated rings. The van der Waals surface area contributed by atoms with E-state index in [-0.39, 0.29) is 12.1 Å². The molecule has 0 saturated carbocycles. The van der Waals surface area contributed by atoms with Gasteiger partial charge in [-0.25, -0.2) is 0 Å². The van der Waals surface area contributed by atoms with Gasteiger partial charge in [0.2, 0.25) is 0 Å². The highest BCUT2D eigenvalue weighted by molar-refractivity contribution is 5.78. The zero-order valence-electron chi connectivity index (χ0n) is 13.0. The van der Waals surface area contributed by atoms with Crippen LogP contribution in [0.5, 0.6) is 0 Å². The molecule has 0 aromatic carbocycles. The lowest BCUT2D eigenvalue weighted by atomic mass is 9.94. The molecule has 2 atom stereocenters. The predicted molar refractivity (Wildman–Crippen MR) is 78.0 cm³/mol. The average molecular weight is 287 g/mol. The molecule has 0 bridgehead atoms. The molecule has 0 aromatic heterocycles. The Morgan fingerprint density at radius 3 is 2.80 bits per heavy atom. The highest BCUT2D eigenvalue weighted by Crippen LogP contribution is 2.16. The number of nitrogens with one attached hydrogen (secondary N) is 1. The van der Waals surface area contributed by atoms with Gasteiger partial charge in [-0.15, -0.1) is 0 Å². The lowest BCUT2D eigenvalue weighted by molar-refractivity contribution is -0.144. The molecule has 1 aliphatic heterocycles. The Balaban J connectivity index is 2.12. The fraction of sp³-hybridized carbons (Fsp3) is 0.933. The Hall–Kier alpha value is -0.650. The number of aliphatic carboxylic acids is 1. The maximum atomic E-state index is 11.3. The summed E-state index contributed by atoms with van der Waals surface area (Å²) in [6.45, 7) is 7.88. The summed E-state index contributed by atoms with van der Waals surface area (Å²) < 4.78 is 11.1. The fourth-order valence-electron chi connectivity index (χ4n) is 2.55. The van der Waals surface area contributed by atoms with E-state index < -0.39 is 11.5 Å². The highest BCUT2D eigenvalue weighted by Gasteiger charge is 2.32. The largest absolute Gasteiger partial charge is 0.480 e. The Bertz CT molecular complexity index is 290. The molecule has 1 heterocycles. The Kier molecular flexibility index (Phi) is 7.48. The molecule has 1 aliphatic rings.